The van der Waals surface area contributed by atoms with Crippen LogP contribution in [0, 0.1) is 0 Å². The molecule has 2 N–H and O–H groups in total. The SMILES string of the molecule is NC(=S)c1ncccc1OC1CCOCC1. The van der Waals surface area contributed by atoms with E-state index in [0.29, 0.717) is 11.4 Å². The third-order valence-electron chi connectivity index (χ3n) is 2.47. The summed E-state index contributed by atoms with van der Waals surface area (Å²) >= 11 is 4.93. The van der Waals surface area contributed by atoms with Gasteiger partial charge in [-0.2, -0.15) is 0 Å². The molecule has 0 spiro atoms. The zero-order valence-corrected chi connectivity index (χ0v) is 9.70. The van der Waals surface area contributed by atoms with Crippen LogP contribution in [0.1, 0.15) is 18.5 Å². The molecule has 0 saturated carbocycles. The van der Waals surface area contributed by atoms with Crippen LogP contribution in [0.15, 0.2) is 18.3 Å². The van der Waals surface area contributed by atoms with Crippen LogP contribution in [-0.4, -0.2) is 29.3 Å². The Hall–Kier alpha value is -1.20. The van der Waals surface area contributed by atoms with Gasteiger partial charge in [-0.1, -0.05) is 12.2 Å². The number of ether oxygens (including phenoxy) is 2. The Labute approximate surface area is 99.8 Å². The van der Waals surface area contributed by atoms with E-state index in [2.05, 4.69) is 4.98 Å². The molecule has 0 radical (unpaired) electrons. The molecule has 1 aromatic heterocycles. The van der Waals surface area contributed by atoms with Crippen molar-refractivity contribution in [3.05, 3.63) is 24.0 Å². The second-order valence-electron chi connectivity index (χ2n) is 3.64. The van der Waals surface area contributed by atoms with Gasteiger partial charge >= 0.3 is 0 Å². The lowest BCUT2D eigenvalue weighted by atomic mass is 10.1. The largest absolute Gasteiger partial charge is 0.488 e. The van der Waals surface area contributed by atoms with Crippen LogP contribution in [0.2, 0.25) is 0 Å². The molecule has 5 heteroatoms. The van der Waals surface area contributed by atoms with Gasteiger partial charge in [-0.25, -0.2) is 4.98 Å². The number of nitrogens with two attached hydrogens (primary N) is 1. The number of hydrogen-bond acceptors (Lipinski definition) is 4. The van der Waals surface area contributed by atoms with Crippen molar-refractivity contribution in [2.24, 2.45) is 5.73 Å². The van der Waals surface area contributed by atoms with Crippen molar-refractivity contribution in [1.29, 1.82) is 0 Å². The summed E-state index contributed by atoms with van der Waals surface area (Å²) in [5.41, 5.74) is 6.14. The third kappa shape index (κ3) is 2.68. The first-order valence-electron chi connectivity index (χ1n) is 5.26. The van der Waals surface area contributed by atoms with Gasteiger partial charge in [-0.3, -0.25) is 0 Å². The van der Waals surface area contributed by atoms with Gasteiger partial charge in [-0.15, -0.1) is 0 Å². The highest BCUT2D eigenvalue weighted by molar-refractivity contribution is 7.80. The van der Waals surface area contributed by atoms with Gasteiger partial charge < -0.3 is 15.2 Å². The zero-order valence-electron chi connectivity index (χ0n) is 8.89. The van der Waals surface area contributed by atoms with E-state index in [-0.39, 0.29) is 11.1 Å². The molecule has 1 aliphatic heterocycles. The number of nitrogens with zero attached hydrogens (tertiary/aromatic N) is 1. The van der Waals surface area contributed by atoms with Crippen LogP contribution in [0.25, 0.3) is 0 Å². The Morgan fingerprint density at radius 2 is 2.25 bits per heavy atom. The molecule has 2 rings (SSSR count). The van der Waals surface area contributed by atoms with Crippen LogP contribution >= 0.6 is 12.2 Å². The predicted molar refractivity (Wildman–Crippen MR) is 64.6 cm³/mol. The monoisotopic (exact) mass is 238 g/mol. The van der Waals surface area contributed by atoms with Crippen molar-refractivity contribution in [3.8, 4) is 5.75 Å². The molecule has 0 atom stereocenters. The molecular formula is C11H14N2O2S. The highest BCUT2D eigenvalue weighted by atomic mass is 32.1. The van der Waals surface area contributed by atoms with Gasteiger partial charge in [0.15, 0.2) is 0 Å². The summed E-state index contributed by atoms with van der Waals surface area (Å²) in [5, 5.41) is 0. The topological polar surface area (TPSA) is 57.4 Å². The number of rotatable bonds is 3. The fraction of sp³-hybridized carbons (Fsp3) is 0.455. The van der Waals surface area contributed by atoms with Gasteiger partial charge in [0.2, 0.25) is 0 Å². The fourth-order valence-corrected chi connectivity index (χ4v) is 1.80. The lowest BCUT2D eigenvalue weighted by Crippen LogP contribution is -2.27. The molecule has 4 nitrogen and oxygen atoms in total. The number of aromatic nitrogens is 1. The first kappa shape index (κ1) is 11.3. The standard InChI is InChI=1S/C11H14N2O2S/c12-11(16)10-9(2-1-5-13-10)15-8-3-6-14-7-4-8/h1-2,5,8H,3-4,6-7H2,(H2,12,16). The average Bonchev–Trinajstić information content (AvgIpc) is 2.31. The molecular weight excluding hydrogens is 224 g/mol. The minimum Gasteiger partial charge on any atom is -0.488 e. The maximum absolute atomic E-state index is 5.84. The van der Waals surface area contributed by atoms with E-state index in [9.17, 15) is 0 Å². The van der Waals surface area contributed by atoms with Crippen molar-refractivity contribution in [1.82, 2.24) is 4.98 Å². The fourth-order valence-electron chi connectivity index (χ4n) is 1.64. The van der Waals surface area contributed by atoms with Crippen molar-refractivity contribution < 1.29 is 9.47 Å². The molecule has 0 bridgehead atoms. The lowest BCUT2D eigenvalue weighted by molar-refractivity contribution is 0.0253. The van der Waals surface area contributed by atoms with Crippen molar-refractivity contribution in [3.63, 3.8) is 0 Å². The predicted octanol–water partition coefficient (Wildman–Crippen LogP) is 1.27. The molecule has 2 heterocycles. The van der Waals surface area contributed by atoms with Crippen LogP contribution in [0.3, 0.4) is 0 Å². The average molecular weight is 238 g/mol. The Morgan fingerprint density at radius 3 is 2.94 bits per heavy atom. The molecule has 0 aliphatic carbocycles. The van der Waals surface area contributed by atoms with E-state index in [1.54, 1.807) is 6.20 Å². The zero-order chi connectivity index (χ0) is 11.4. The van der Waals surface area contributed by atoms with Crippen LogP contribution < -0.4 is 10.5 Å². The lowest BCUT2D eigenvalue weighted by Gasteiger charge is -2.23. The minimum atomic E-state index is 0.172. The second kappa shape index (κ2) is 5.23. The molecule has 1 aliphatic rings. The summed E-state index contributed by atoms with van der Waals surface area (Å²) in [6, 6.07) is 3.66. The van der Waals surface area contributed by atoms with E-state index in [1.165, 1.54) is 0 Å². The van der Waals surface area contributed by atoms with Crippen LogP contribution in [0.4, 0.5) is 0 Å². The third-order valence-corrected chi connectivity index (χ3v) is 2.66. The minimum absolute atomic E-state index is 0.172. The number of pyridine rings is 1. The maximum Gasteiger partial charge on any atom is 0.148 e. The highest BCUT2D eigenvalue weighted by Gasteiger charge is 2.17. The van der Waals surface area contributed by atoms with Crippen molar-refractivity contribution in [2.75, 3.05) is 13.2 Å². The van der Waals surface area contributed by atoms with Gasteiger partial charge in [0.05, 0.1) is 13.2 Å². The summed E-state index contributed by atoms with van der Waals surface area (Å²) in [7, 11) is 0. The van der Waals surface area contributed by atoms with Crippen LogP contribution in [0.5, 0.6) is 5.75 Å². The quantitative estimate of drug-likeness (QED) is 0.804. The molecule has 16 heavy (non-hydrogen) atoms. The van der Waals surface area contributed by atoms with Crippen LogP contribution in [-0.2, 0) is 4.74 Å². The molecule has 0 aromatic carbocycles. The molecule has 86 valence electrons. The summed E-state index contributed by atoms with van der Waals surface area (Å²) < 4.78 is 11.1. The molecule has 1 saturated heterocycles. The molecule has 0 amide bonds. The van der Waals surface area contributed by atoms with Gasteiger partial charge in [0, 0.05) is 19.0 Å². The summed E-state index contributed by atoms with van der Waals surface area (Å²) in [5.74, 6) is 0.668. The normalized spacial score (nSPS) is 17.0. The number of thiocarbonyl (C=S) groups is 1. The van der Waals surface area contributed by atoms with Gasteiger partial charge in [0.1, 0.15) is 22.5 Å². The summed E-state index contributed by atoms with van der Waals surface area (Å²) in [4.78, 5) is 4.39. The number of hydrogen-bond donors (Lipinski definition) is 1. The Kier molecular flexibility index (Phi) is 3.69. The van der Waals surface area contributed by atoms with E-state index < -0.39 is 0 Å². The van der Waals surface area contributed by atoms with Crippen molar-refractivity contribution in [2.45, 2.75) is 18.9 Å². The Morgan fingerprint density at radius 1 is 1.50 bits per heavy atom. The smallest absolute Gasteiger partial charge is 0.148 e. The van der Waals surface area contributed by atoms with Crippen molar-refractivity contribution >= 4 is 17.2 Å². The van der Waals surface area contributed by atoms with E-state index >= 15 is 0 Å². The first-order chi connectivity index (χ1) is 7.77. The highest BCUT2D eigenvalue weighted by Crippen LogP contribution is 2.20. The van der Waals surface area contributed by atoms with E-state index in [0.717, 1.165) is 26.1 Å². The van der Waals surface area contributed by atoms with Gasteiger partial charge in [0.25, 0.3) is 0 Å². The van der Waals surface area contributed by atoms with E-state index in [4.69, 9.17) is 27.4 Å². The second-order valence-corrected chi connectivity index (χ2v) is 4.08. The Balaban J connectivity index is 2.10. The summed E-state index contributed by atoms with van der Waals surface area (Å²) in [6.07, 6.45) is 3.62. The molecule has 1 fully saturated rings. The maximum atomic E-state index is 5.84. The van der Waals surface area contributed by atoms with E-state index in [1.807, 2.05) is 12.1 Å². The molecule has 0 unspecified atom stereocenters. The van der Waals surface area contributed by atoms with Gasteiger partial charge in [-0.05, 0) is 12.1 Å². The summed E-state index contributed by atoms with van der Waals surface area (Å²) in [6.45, 7) is 1.49. The first-order valence-corrected chi connectivity index (χ1v) is 5.67. The Bertz CT molecular complexity index is 378. The molecule has 1 aromatic rings.